The number of carbonyl (C=O) groups is 1. The molecule has 3 aromatic carbocycles. The number of unbranched alkanes of at least 4 members (excludes halogenated alkanes) is 1. The largest absolute Gasteiger partial charge is 0.352 e. The molecule has 0 heterocycles. The lowest BCUT2D eigenvalue weighted by Gasteiger charge is -2.25. The number of hydrogen-bond acceptors (Lipinski definition) is 4. The second-order valence-electron chi connectivity index (χ2n) is 8.98. The van der Waals surface area contributed by atoms with E-state index < -0.39 is 10.0 Å². The van der Waals surface area contributed by atoms with Crippen LogP contribution in [-0.2, 0) is 16.6 Å². The molecule has 1 atom stereocenters. The number of para-hydroxylation sites is 1. The highest BCUT2D eigenvalue weighted by atomic mass is 32.2. The lowest BCUT2D eigenvalue weighted by molar-refractivity contribution is 0.0946. The Morgan fingerprint density at radius 2 is 1.61 bits per heavy atom. The summed E-state index contributed by atoms with van der Waals surface area (Å²) >= 11 is 1.53. The molecule has 0 aromatic heterocycles. The lowest BCUT2D eigenvalue weighted by Crippen LogP contribution is -2.30. The first-order valence-electron chi connectivity index (χ1n) is 12.5. The second kappa shape index (κ2) is 13.5. The third-order valence-corrected chi connectivity index (χ3v) is 8.34. The quantitative estimate of drug-likeness (QED) is 0.269. The highest BCUT2D eigenvalue weighted by Gasteiger charge is 2.21. The van der Waals surface area contributed by atoms with Crippen LogP contribution in [0.15, 0.2) is 88.7 Å². The van der Waals surface area contributed by atoms with Crippen LogP contribution >= 0.6 is 11.8 Å². The van der Waals surface area contributed by atoms with E-state index in [0.29, 0.717) is 23.7 Å². The van der Waals surface area contributed by atoms with Gasteiger partial charge >= 0.3 is 0 Å². The third-order valence-electron chi connectivity index (χ3n) is 6.14. The Labute approximate surface area is 220 Å². The van der Waals surface area contributed by atoms with Gasteiger partial charge in [0.05, 0.1) is 18.5 Å². The van der Waals surface area contributed by atoms with Crippen LogP contribution in [0.25, 0.3) is 0 Å². The van der Waals surface area contributed by atoms with Crippen LogP contribution < -0.4 is 9.62 Å². The predicted molar refractivity (Wildman–Crippen MR) is 150 cm³/mol. The summed E-state index contributed by atoms with van der Waals surface area (Å²) in [4.78, 5) is 14.5. The highest BCUT2D eigenvalue weighted by Crippen LogP contribution is 2.36. The molecule has 0 aliphatic carbocycles. The van der Waals surface area contributed by atoms with Crippen molar-refractivity contribution < 1.29 is 13.2 Å². The Hall–Kier alpha value is -2.77. The number of amides is 1. The molecule has 0 saturated heterocycles. The molecule has 0 aliphatic rings. The minimum absolute atomic E-state index is 0.0962. The monoisotopic (exact) mass is 524 g/mol. The zero-order valence-electron chi connectivity index (χ0n) is 21.3. The average Bonchev–Trinajstić information content (AvgIpc) is 2.88. The van der Waals surface area contributed by atoms with Gasteiger partial charge < -0.3 is 5.32 Å². The van der Waals surface area contributed by atoms with E-state index in [1.54, 1.807) is 12.1 Å². The SMILES string of the molecule is CCCCC(CC)CNC(=O)c1ccc(CN(c2ccccc2Sc2ccccc2)S(C)(=O)=O)cc1. The minimum atomic E-state index is -3.55. The third kappa shape index (κ3) is 8.14. The Kier molecular flexibility index (Phi) is 10.4. The zero-order valence-corrected chi connectivity index (χ0v) is 22.9. The van der Waals surface area contributed by atoms with Gasteiger partial charge in [0.25, 0.3) is 5.91 Å². The van der Waals surface area contributed by atoms with Crippen molar-refractivity contribution in [3.8, 4) is 0 Å². The molecule has 0 saturated carbocycles. The van der Waals surface area contributed by atoms with Crippen LogP contribution in [0.4, 0.5) is 5.69 Å². The number of rotatable bonds is 13. The summed E-state index contributed by atoms with van der Waals surface area (Å²) in [5, 5.41) is 3.05. The standard InChI is InChI=1S/C29H36N2O3S2/c1-4-6-12-23(5-2)21-30-29(32)25-19-17-24(18-20-25)22-31(36(3,33)34)27-15-10-11-16-28(27)35-26-13-8-7-9-14-26/h7-11,13-20,23H,4-6,12,21-22H2,1-3H3,(H,30,32). The molecule has 3 rings (SSSR count). The number of nitrogens with one attached hydrogen (secondary N) is 1. The fourth-order valence-corrected chi connectivity index (χ4v) is 5.89. The average molecular weight is 525 g/mol. The normalized spacial score (nSPS) is 12.2. The number of nitrogens with zero attached hydrogens (tertiary/aromatic N) is 1. The van der Waals surface area contributed by atoms with Gasteiger partial charge in [-0.3, -0.25) is 9.10 Å². The molecule has 36 heavy (non-hydrogen) atoms. The molecule has 1 amide bonds. The summed E-state index contributed by atoms with van der Waals surface area (Å²) in [7, 11) is -3.55. The molecular weight excluding hydrogens is 488 g/mol. The predicted octanol–water partition coefficient (Wildman–Crippen LogP) is 6.75. The summed E-state index contributed by atoms with van der Waals surface area (Å²) in [6, 6.07) is 24.6. The lowest BCUT2D eigenvalue weighted by atomic mass is 9.99. The molecule has 0 spiro atoms. The number of benzene rings is 3. The van der Waals surface area contributed by atoms with Crippen LogP contribution in [0.1, 0.15) is 55.5 Å². The fraction of sp³-hybridized carbons (Fsp3) is 0.345. The minimum Gasteiger partial charge on any atom is -0.352 e. The molecule has 192 valence electrons. The molecule has 5 nitrogen and oxygen atoms in total. The van der Waals surface area contributed by atoms with E-state index in [-0.39, 0.29) is 12.5 Å². The smallest absolute Gasteiger partial charge is 0.251 e. The Morgan fingerprint density at radius 3 is 2.25 bits per heavy atom. The van der Waals surface area contributed by atoms with E-state index in [2.05, 4.69) is 19.2 Å². The number of carbonyl (C=O) groups excluding carboxylic acids is 1. The summed E-state index contributed by atoms with van der Waals surface area (Å²) in [6.07, 6.45) is 5.72. The van der Waals surface area contributed by atoms with Crippen LogP contribution in [0.2, 0.25) is 0 Å². The van der Waals surface area contributed by atoms with Gasteiger partial charge in [-0.25, -0.2) is 8.42 Å². The van der Waals surface area contributed by atoms with Crippen molar-refractivity contribution in [1.29, 1.82) is 0 Å². The first kappa shape index (κ1) is 27.8. The molecule has 0 fully saturated rings. The fourth-order valence-electron chi connectivity index (χ4n) is 3.96. The van der Waals surface area contributed by atoms with Gasteiger partial charge in [-0.15, -0.1) is 0 Å². The van der Waals surface area contributed by atoms with E-state index >= 15 is 0 Å². The first-order valence-corrected chi connectivity index (χ1v) is 15.1. The maximum atomic E-state index is 12.8. The van der Waals surface area contributed by atoms with Gasteiger partial charge in [-0.2, -0.15) is 0 Å². The highest BCUT2D eigenvalue weighted by molar-refractivity contribution is 7.99. The number of hydrogen-bond donors (Lipinski definition) is 1. The summed E-state index contributed by atoms with van der Waals surface area (Å²) in [5.74, 6) is 0.395. The van der Waals surface area contributed by atoms with Crippen LogP contribution in [0.5, 0.6) is 0 Å². The maximum absolute atomic E-state index is 12.8. The van der Waals surface area contributed by atoms with E-state index in [1.807, 2.05) is 66.7 Å². The van der Waals surface area contributed by atoms with E-state index in [4.69, 9.17) is 0 Å². The molecule has 3 aromatic rings. The number of sulfonamides is 1. The van der Waals surface area contributed by atoms with Crippen LogP contribution in [0, 0.1) is 5.92 Å². The second-order valence-corrected chi connectivity index (χ2v) is 12.0. The van der Waals surface area contributed by atoms with Crippen molar-refractivity contribution in [2.45, 2.75) is 55.9 Å². The van der Waals surface area contributed by atoms with Gasteiger partial charge in [0.1, 0.15) is 0 Å². The molecular formula is C29H36N2O3S2. The van der Waals surface area contributed by atoms with Crippen molar-refractivity contribution in [2.75, 3.05) is 17.1 Å². The van der Waals surface area contributed by atoms with Gasteiger partial charge in [-0.1, -0.05) is 87.3 Å². The Balaban J connectivity index is 1.74. The van der Waals surface area contributed by atoms with Gasteiger partial charge in [0.15, 0.2) is 0 Å². The van der Waals surface area contributed by atoms with Gasteiger partial charge in [-0.05, 0) is 54.3 Å². The molecule has 0 bridgehead atoms. The van der Waals surface area contributed by atoms with Crippen molar-refractivity contribution in [3.63, 3.8) is 0 Å². The summed E-state index contributed by atoms with van der Waals surface area (Å²) < 4.78 is 27.1. The van der Waals surface area contributed by atoms with Crippen molar-refractivity contribution >= 4 is 33.4 Å². The zero-order chi connectivity index (χ0) is 26.0. The molecule has 1 N–H and O–H groups in total. The Morgan fingerprint density at radius 1 is 0.944 bits per heavy atom. The maximum Gasteiger partial charge on any atom is 0.251 e. The van der Waals surface area contributed by atoms with Crippen molar-refractivity contribution in [1.82, 2.24) is 5.32 Å². The molecule has 1 unspecified atom stereocenters. The van der Waals surface area contributed by atoms with Gasteiger partial charge in [0, 0.05) is 21.9 Å². The van der Waals surface area contributed by atoms with E-state index in [9.17, 15) is 13.2 Å². The Bertz CT molecular complexity index is 1210. The summed E-state index contributed by atoms with van der Waals surface area (Å²) in [6.45, 7) is 5.20. The topological polar surface area (TPSA) is 66.5 Å². The molecule has 7 heteroatoms. The first-order chi connectivity index (χ1) is 17.3. The van der Waals surface area contributed by atoms with E-state index in [1.165, 1.54) is 28.7 Å². The summed E-state index contributed by atoms with van der Waals surface area (Å²) in [5.41, 5.74) is 2.02. The van der Waals surface area contributed by atoms with Crippen LogP contribution in [0.3, 0.4) is 0 Å². The van der Waals surface area contributed by atoms with Crippen molar-refractivity contribution in [2.24, 2.45) is 5.92 Å². The van der Waals surface area contributed by atoms with Gasteiger partial charge in [0.2, 0.25) is 10.0 Å². The van der Waals surface area contributed by atoms with Crippen molar-refractivity contribution in [3.05, 3.63) is 90.0 Å². The van der Waals surface area contributed by atoms with E-state index in [0.717, 1.165) is 34.6 Å². The van der Waals surface area contributed by atoms with Crippen LogP contribution in [-0.4, -0.2) is 27.1 Å². The molecule has 0 aliphatic heterocycles. The number of anilines is 1. The molecule has 0 radical (unpaired) electrons.